The number of carbonyl (C=O) groups excluding carboxylic acids is 1. The molecule has 27 heavy (non-hydrogen) atoms. The number of rotatable bonds is 4. The van der Waals surface area contributed by atoms with Crippen LogP contribution in [0.2, 0.25) is 0 Å². The fourth-order valence-corrected chi connectivity index (χ4v) is 3.84. The smallest absolute Gasteiger partial charge is 0.273 e. The van der Waals surface area contributed by atoms with Crippen molar-refractivity contribution in [2.75, 3.05) is 0 Å². The minimum atomic E-state index is -0.172. The summed E-state index contributed by atoms with van der Waals surface area (Å²) < 4.78 is 1.70. The molecule has 0 radical (unpaired) electrons. The van der Waals surface area contributed by atoms with E-state index in [-0.39, 0.29) is 17.4 Å². The van der Waals surface area contributed by atoms with Gasteiger partial charge < -0.3 is 5.32 Å². The zero-order valence-electron chi connectivity index (χ0n) is 15.7. The number of benzene rings is 2. The van der Waals surface area contributed by atoms with E-state index in [9.17, 15) is 4.79 Å². The van der Waals surface area contributed by atoms with Gasteiger partial charge >= 0.3 is 0 Å². The standard InChI is InChI=1S/C22H24N4O/c1-22(2)13-12-19(17-10-6-7-11-18(17)22)23-21(27)20-15-26(25-24-20)14-16-8-4-3-5-9-16/h3-11,15,19H,12-14H2,1-2H3,(H,23,27). The lowest BCUT2D eigenvalue weighted by molar-refractivity contribution is 0.0924. The molecule has 2 aromatic carbocycles. The molecule has 0 spiro atoms. The van der Waals surface area contributed by atoms with E-state index < -0.39 is 0 Å². The molecule has 1 unspecified atom stereocenters. The molecule has 0 saturated heterocycles. The van der Waals surface area contributed by atoms with E-state index in [0.717, 1.165) is 18.4 Å². The maximum Gasteiger partial charge on any atom is 0.273 e. The van der Waals surface area contributed by atoms with Crippen LogP contribution >= 0.6 is 0 Å². The van der Waals surface area contributed by atoms with E-state index in [1.54, 1.807) is 10.9 Å². The quantitative estimate of drug-likeness (QED) is 0.768. The molecule has 1 aliphatic rings. The summed E-state index contributed by atoms with van der Waals surface area (Å²) in [6.07, 6.45) is 3.67. The van der Waals surface area contributed by atoms with Gasteiger partial charge in [0.1, 0.15) is 0 Å². The number of amides is 1. The first-order valence-corrected chi connectivity index (χ1v) is 9.37. The van der Waals surface area contributed by atoms with Crippen molar-refractivity contribution in [3.63, 3.8) is 0 Å². The highest BCUT2D eigenvalue weighted by Gasteiger charge is 2.33. The van der Waals surface area contributed by atoms with Gasteiger partial charge in [0.05, 0.1) is 18.8 Å². The first-order chi connectivity index (χ1) is 13.0. The van der Waals surface area contributed by atoms with Gasteiger partial charge in [-0.15, -0.1) is 5.10 Å². The highest BCUT2D eigenvalue weighted by molar-refractivity contribution is 5.92. The fourth-order valence-electron chi connectivity index (χ4n) is 3.84. The maximum absolute atomic E-state index is 12.7. The number of nitrogens with zero attached hydrogens (tertiary/aromatic N) is 3. The number of hydrogen-bond acceptors (Lipinski definition) is 3. The zero-order valence-corrected chi connectivity index (χ0v) is 15.7. The molecule has 1 aliphatic carbocycles. The van der Waals surface area contributed by atoms with E-state index in [1.807, 2.05) is 36.4 Å². The summed E-state index contributed by atoms with van der Waals surface area (Å²) in [5.74, 6) is -0.172. The van der Waals surface area contributed by atoms with Crippen LogP contribution in [0.3, 0.4) is 0 Å². The van der Waals surface area contributed by atoms with Crippen LogP contribution in [-0.2, 0) is 12.0 Å². The van der Waals surface area contributed by atoms with Crippen molar-refractivity contribution in [3.05, 3.63) is 83.2 Å². The zero-order chi connectivity index (χ0) is 18.9. The number of carbonyl (C=O) groups is 1. The molecule has 0 aliphatic heterocycles. The lowest BCUT2D eigenvalue weighted by Gasteiger charge is -2.37. The highest BCUT2D eigenvalue weighted by atomic mass is 16.2. The molecule has 3 aromatic rings. The van der Waals surface area contributed by atoms with Gasteiger partial charge in [-0.1, -0.05) is 73.7 Å². The van der Waals surface area contributed by atoms with Gasteiger partial charge in [0.15, 0.2) is 5.69 Å². The van der Waals surface area contributed by atoms with Crippen LogP contribution in [0.1, 0.15) is 59.9 Å². The molecular weight excluding hydrogens is 336 g/mol. The lowest BCUT2D eigenvalue weighted by Crippen LogP contribution is -2.35. The molecule has 1 heterocycles. The van der Waals surface area contributed by atoms with Crippen molar-refractivity contribution in [3.8, 4) is 0 Å². The summed E-state index contributed by atoms with van der Waals surface area (Å²) in [6.45, 7) is 5.12. The topological polar surface area (TPSA) is 59.8 Å². The molecule has 1 atom stereocenters. The summed E-state index contributed by atoms with van der Waals surface area (Å²) >= 11 is 0. The third kappa shape index (κ3) is 3.63. The van der Waals surface area contributed by atoms with Crippen molar-refractivity contribution < 1.29 is 4.79 Å². The first-order valence-electron chi connectivity index (χ1n) is 9.37. The Morgan fingerprint density at radius 1 is 1.15 bits per heavy atom. The van der Waals surface area contributed by atoms with Crippen molar-refractivity contribution in [1.82, 2.24) is 20.3 Å². The second-order valence-corrected chi connectivity index (χ2v) is 7.82. The van der Waals surface area contributed by atoms with E-state index in [2.05, 4.69) is 47.7 Å². The molecular formula is C22H24N4O. The number of aromatic nitrogens is 3. The maximum atomic E-state index is 12.7. The SMILES string of the molecule is CC1(C)CCC(NC(=O)c2cn(Cc3ccccc3)nn2)c2ccccc21. The van der Waals surface area contributed by atoms with Crippen molar-refractivity contribution in [2.45, 2.75) is 44.7 Å². The summed E-state index contributed by atoms with van der Waals surface area (Å²) in [5, 5.41) is 11.3. The van der Waals surface area contributed by atoms with Crippen LogP contribution in [0.4, 0.5) is 0 Å². The van der Waals surface area contributed by atoms with Crippen molar-refractivity contribution in [2.24, 2.45) is 0 Å². The van der Waals surface area contributed by atoms with Crippen molar-refractivity contribution >= 4 is 5.91 Å². The fraction of sp³-hybridized carbons (Fsp3) is 0.318. The van der Waals surface area contributed by atoms with E-state index in [4.69, 9.17) is 0 Å². The Hall–Kier alpha value is -2.95. The number of hydrogen-bond donors (Lipinski definition) is 1. The van der Waals surface area contributed by atoms with Gasteiger partial charge in [0.2, 0.25) is 0 Å². The number of fused-ring (bicyclic) bond motifs is 1. The molecule has 4 rings (SSSR count). The largest absolute Gasteiger partial charge is 0.344 e. The Morgan fingerprint density at radius 2 is 1.89 bits per heavy atom. The molecule has 1 aromatic heterocycles. The third-order valence-corrected chi connectivity index (χ3v) is 5.39. The van der Waals surface area contributed by atoms with Crippen LogP contribution in [-0.4, -0.2) is 20.9 Å². The molecule has 1 N–H and O–H groups in total. The van der Waals surface area contributed by atoms with Gasteiger partial charge in [-0.25, -0.2) is 4.68 Å². The predicted molar refractivity (Wildman–Crippen MR) is 104 cm³/mol. The van der Waals surface area contributed by atoms with Crippen LogP contribution in [0, 0.1) is 0 Å². The lowest BCUT2D eigenvalue weighted by atomic mass is 9.71. The molecule has 0 saturated carbocycles. The van der Waals surface area contributed by atoms with Crippen LogP contribution in [0.5, 0.6) is 0 Å². The Labute approximate surface area is 159 Å². The Morgan fingerprint density at radius 3 is 2.70 bits per heavy atom. The highest BCUT2D eigenvalue weighted by Crippen LogP contribution is 2.41. The summed E-state index contributed by atoms with van der Waals surface area (Å²) in [7, 11) is 0. The first kappa shape index (κ1) is 17.5. The van der Waals surface area contributed by atoms with Gasteiger partial charge in [0, 0.05) is 0 Å². The summed E-state index contributed by atoms with van der Waals surface area (Å²) in [5.41, 5.74) is 4.13. The Bertz CT molecular complexity index is 946. The average Bonchev–Trinajstić information content (AvgIpc) is 3.14. The van der Waals surface area contributed by atoms with E-state index in [1.165, 1.54) is 11.1 Å². The van der Waals surface area contributed by atoms with Gasteiger partial charge in [-0.05, 0) is 34.9 Å². The van der Waals surface area contributed by atoms with Crippen molar-refractivity contribution in [1.29, 1.82) is 0 Å². The van der Waals surface area contributed by atoms with E-state index >= 15 is 0 Å². The van der Waals surface area contributed by atoms with Gasteiger partial charge in [0.25, 0.3) is 5.91 Å². The average molecular weight is 360 g/mol. The summed E-state index contributed by atoms with van der Waals surface area (Å²) in [4.78, 5) is 12.7. The molecule has 1 amide bonds. The minimum absolute atomic E-state index is 0.0148. The summed E-state index contributed by atoms with van der Waals surface area (Å²) in [6, 6.07) is 18.4. The van der Waals surface area contributed by atoms with Crippen LogP contribution < -0.4 is 5.32 Å². The van der Waals surface area contributed by atoms with Gasteiger partial charge in [-0.3, -0.25) is 4.79 Å². The third-order valence-electron chi connectivity index (χ3n) is 5.39. The molecule has 0 bridgehead atoms. The molecule has 5 nitrogen and oxygen atoms in total. The Balaban J connectivity index is 1.49. The monoisotopic (exact) mass is 360 g/mol. The van der Waals surface area contributed by atoms with E-state index in [0.29, 0.717) is 12.2 Å². The number of nitrogens with one attached hydrogen (secondary N) is 1. The predicted octanol–water partition coefficient (Wildman–Crippen LogP) is 3.87. The molecule has 5 heteroatoms. The molecule has 0 fully saturated rings. The van der Waals surface area contributed by atoms with Gasteiger partial charge in [-0.2, -0.15) is 0 Å². The minimum Gasteiger partial charge on any atom is -0.344 e. The second-order valence-electron chi connectivity index (χ2n) is 7.82. The molecule has 138 valence electrons. The Kier molecular flexibility index (Phi) is 4.52. The van der Waals surface area contributed by atoms with Crippen LogP contribution in [0.15, 0.2) is 60.8 Å². The van der Waals surface area contributed by atoms with Crippen LogP contribution in [0.25, 0.3) is 0 Å². The second kappa shape index (κ2) is 6.99. The normalized spacial score (nSPS) is 17.9.